The van der Waals surface area contributed by atoms with Crippen LogP contribution >= 0.6 is 0 Å². The first-order valence-corrected chi connectivity index (χ1v) is 5.44. The van der Waals surface area contributed by atoms with Crippen LogP contribution < -0.4 is 5.32 Å². The highest BCUT2D eigenvalue weighted by atomic mass is 19.1. The summed E-state index contributed by atoms with van der Waals surface area (Å²) in [5.74, 6) is -1.39. The maximum atomic E-state index is 12.6. The number of nitrogens with one attached hydrogen (secondary N) is 1. The number of benzene rings is 1. The number of esters is 1. The van der Waals surface area contributed by atoms with E-state index in [0.29, 0.717) is 0 Å². The molecule has 0 aliphatic rings. The maximum absolute atomic E-state index is 12.6. The van der Waals surface area contributed by atoms with Gasteiger partial charge in [-0.05, 0) is 31.2 Å². The molecule has 0 radical (unpaired) electrons. The Morgan fingerprint density at radius 3 is 2.61 bits per heavy atom. The molecule has 1 rings (SSSR count). The molecule has 1 aromatic rings. The fourth-order valence-electron chi connectivity index (χ4n) is 1.14. The van der Waals surface area contributed by atoms with E-state index < -0.39 is 17.7 Å². The van der Waals surface area contributed by atoms with Gasteiger partial charge in [-0.1, -0.05) is 12.2 Å². The van der Waals surface area contributed by atoms with E-state index in [1.165, 1.54) is 24.3 Å². The Kier molecular flexibility index (Phi) is 5.57. The molecule has 96 valence electrons. The van der Waals surface area contributed by atoms with Crippen LogP contribution in [0.2, 0.25) is 0 Å². The van der Waals surface area contributed by atoms with E-state index >= 15 is 0 Å². The van der Waals surface area contributed by atoms with Crippen molar-refractivity contribution in [2.75, 3.05) is 13.2 Å². The van der Waals surface area contributed by atoms with Crippen LogP contribution in [-0.4, -0.2) is 25.0 Å². The number of carbonyl (C=O) groups excluding carboxylic acids is 2. The van der Waals surface area contributed by atoms with Crippen molar-refractivity contribution in [3.05, 3.63) is 47.8 Å². The summed E-state index contributed by atoms with van der Waals surface area (Å²) >= 11 is 0. The molecule has 0 bridgehead atoms. The van der Waals surface area contributed by atoms with Crippen LogP contribution in [0.5, 0.6) is 0 Å². The number of hydrogen-bond acceptors (Lipinski definition) is 3. The summed E-state index contributed by atoms with van der Waals surface area (Å²) in [6, 6.07) is 5.05. The van der Waals surface area contributed by atoms with Crippen molar-refractivity contribution in [1.29, 1.82) is 0 Å². The van der Waals surface area contributed by atoms with Gasteiger partial charge in [0.15, 0.2) is 0 Å². The molecular formula is C13H14FNO3. The molecule has 0 aliphatic carbocycles. The summed E-state index contributed by atoms with van der Waals surface area (Å²) in [7, 11) is 0. The van der Waals surface area contributed by atoms with E-state index in [2.05, 4.69) is 5.32 Å². The van der Waals surface area contributed by atoms with Crippen LogP contribution in [0.1, 0.15) is 17.3 Å². The molecule has 4 nitrogen and oxygen atoms in total. The SMILES string of the molecule is C/C=C/COC(=O)CNC(=O)c1ccc(F)cc1. The minimum atomic E-state index is -0.524. The fraction of sp³-hybridized carbons (Fsp3) is 0.231. The molecule has 0 saturated heterocycles. The third-order valence-electron chi connectivity index (χ3n) is 2.08. The standard InChI is InChI=1S/C13H14FNO3/c1-2-3-8-18-12(16)9-15-13(17)10-4-6-11(14)7-5-10/h2-7H,8-9H2,1H3,(H,15,17)/b3-2+. The van der Waals surface area contributed by atoms with E-state index in [1.807, 2.05) is 6.92 Å². The Bertz CT molecular complexity index is 440. The van der Waals surface area contributed by atoms with Gasteiger partial charge < -0.3 is 10.1 Å². The molecule has 5 heteroatoms. The second-order valence-corrected chi connectivity index (χ2v) is 3.44. The molecule has 0 heterocycles. The van der Waals surface area contributed by atoms with Crippen LogP contribution in [0.4, 0.5) is 4.39 Å². The third kappa shape index (κ3) is 4.78. The summed E-state index contributed by atoms with van der Waals surface area (Å²) in [6.07, 6.45) is 3.43. The second-order valence-electron chi connectivity index (χ2n) is 3.44. The minimum Gasteiger partial charge on any atom is -0.460 e. The zero-order valence-corrected chi connectivity index (χ0v) is 9.98. The number of ether oxygens (including phenoxy) is 1. The predicted molar refractivity (Wildman–Crippen MR) is 64.5 cm³/mol. The van der Waals surface area contributed by atoms with Crippen molar-refractivity contribution in [2.24, 2.45) is 0 Å². The van der Waals surface area contributed by atoms with Gasteiger partial charge in [0, 0.05) is 5.56 Å². The molecule has 1 aromatic carbocycles. The van der Waals surface area contributed by atoms with Gasteiger partial charge >= 0.3 is 5.97 Å². The van der Waals surface area contributed by atoms with Gasteiger partial charge in [0.2, 0.25) is 0 Å². The lowest BCUT2D eigenvalue weighted by atomic mass is 10.2. The first-order chi connectivity index (χ1) is 8.63. The lowest BCUT2D eigenvalue weighted by molar-refractivity contribution is -0.141. The monoisotopic (exact) mass is 251 g/mol. The maximum Gasteiger partial charge on any atom is 0.325 e. The zero-order chi connectivity index (χ0) is 13.4. The highest BCUT2D eigenvalue weighted by Gasteiger charge is 2.08. The van der Waals surface area contributed by atoms with Crippen molar-refractivity contribution in [1.82, 2.24) is 5.32 Å². The lowest BCUT2D eigenvalue weighted by Gasteiger charge is -2.04. The van der Waals surface area contributed by atoms with Gasteiger partial charge in [-0.2, -0.15) is 0 Å². The minimum absolute atomic E-state index is 0.182. The Morgan fingerprint density at radius 1 is 1.33 bits per heavy atom. The first kappa shape index (κ1) is 13.9. The average molecular weight is 251 g/mol. The Balaban J connectivity index is 2.37. The van der Waals surface area contributed by atoms with E-state index in [0.717, 1.165) is 0 Å². The summed E-state index contributed by atoms with van der Waals surface area (Å²) in [6.45, 7) is 1.78. The zero-order valence-electron chi connectivity index (χ0n) is 9.98. The fourth-order valence-corrected chi connectivity index (χ4v) is 1.14. The quantitative estimate of drug-likeness (QED) is 0.639. The predicted octanol–water partition coefficient (Wildman–Crippen LogP) is 1.67. The van der Waals surface area contributed by atoms with Crippen molar-refractivity contribution < 1.29 is 18.7 Å². The molecule has 1 amide bonds. The van der Waals surface area contributed by atoms with Gasteiger partial charge in [0.1, 0.15) is 19.0 Å². The number of halogens is 1. The largest absolute Gasteiger partial charge is 0.460 e. The molecule has 0 aromatic heterocycles. The molecule has 0 fully saturated rings. The van der Waals surface area contributed by atoms with E-state index in [-0.39, 0.29) is 18.7 Å². The van der Waals surface area contributed by atoms with Gasteiger partial charge in [0.05, 0.1) is 0 Å². The summed E-state index contributed by atoms with van der Waals surface area (Å²) in [5, 5.41) is 2.39. The highest BCUT2D eigenvalue weighted by Crippen LogP contribution is 2.02. The number of allylic oxidation sites excluding steroid dienone is 1. The molecular weight excluding hydrogens is 237 g/mol. The molecule has 18 heavy (non-hydrogen) atoms. The molecule has 0 atom stereocenters. The van der Waals surface area contributed by atoms with Crippen LogP contribution in [-0.2, 0) is 9.53 Å². The van der Waals surface area contributed by atoms with Gasteiger partial charge in [-0.3, -0.25) is 9.59 Å². The van der Waals surface area contributed by atoms with Crippen LogP contribution in [0, 0.1) is 5.82 Å². The molecule has 0 unspecified atom stereocenters. The first-order valence-electron chi connectivity index (χ1n) is 5.44. The van der Waals surface area contributed by atoms with E-state index in [9.17, 15) is 14.0 Å². The topological polar surface area (TPSA) is 55.4 Å². The molecule has 0 saturated carbocycles. The normalized spacial score (nSPS) is 10.3. The average Bonchev–Trinajstić information content (AvgIpc) is 2.37. The Hall–Kier alpha value is -2.17. The van der Waals surface area contributed by atoms with Crippen molar-refractivity contribution in [2.45, 2.75) is 6.92 Å². The number of amides is 1. The van der Waals surface area contributed by atoms with E-state index in [4.69, 9.17) is 4.74 Å². The number of hydrogen-bond donors (Lipinski definition) is 1. The number of rotatable bonds is 5. The smallest absolute Gasteiger partial charge is 0.325 e. The summed E-state index contributed by atoms with van der Waals surface area (Å²) in [4.78, 5) is 22.7. The molecule has 1 N–H and O–H groups in total. The molecule has 0 aliphatic heterocycles. The highest BCUT2D eigenvalue weighted by molar-refractivity contribution is 5.95. The second kappa shape index (κ2) is 7.21. The summed E-state index contributed by atoms with van der Waals surface area (Å²) < 4.78 is 17.4. The van der Waals surface area contributed by atoms with Crippen LogP contribution in [0.25, 0.3) is 0 Å². The van der Waals surface area contributed by atoms with Crippen molar-refractivity contribution >= 4 is 11.9 Å². The summed E-state index contributed by atoms with van der Waals surface area (Å²) in [5.41, 5.74) is 0.289. The number of carbonyl (C=O) groups is 2. The van der Waals surface area contributed by atoms with E-state index in [1.54, 1.807) is 12.2 Å². The van der Waals surface area contributed by atoms with Crippen LogP contribution in [0.15, 0.2) is 36.4 Å². The third-order valence-corrected chi connectivity index (χ3v) is 2.08. The molecule has 0 spiro atoms. The Morgan fingerprint density at radius 2 is 2.00 bits per heavy atom. The van der Waals surface area contributed by atoms with Crippen molar-refractivity contribution in [3.63, 3.8) is 0 Å². The van der Waals surface area contributed by atoms with Gasteiger partial charge in [0.25, 0.3) is 5.91 Å². The lowest BCUT2D eigenvalue weighted by Crippen LogP contribution is -2.30. The van der Waals surface area contributed by atoms with Gasteiger partial charge in [-0.25, -0.2) is 4.39 Å². The van der Waals surface area contributed by atoms with Crippen molar-refractivity contribution in [3.8, 4) is 0 Å². The van der Waals surface area contributed by atoms with Crippen LogP contribution in [0.3, 0.4) is 0 Å². The van der Waals surface area contributed by atoms with Gasteiger partial charge in [-0.15, -0.1) is 0 Å². The Labute approximate surface area is 104 Å².